The Hall–Kier alpha value is -2.57. The molecular formula is C22H22N2O. The van der Waals surface area contributed by atoms with Crippen molar-refractivity contribution < 1.29 is 4.42 Å². The molecule has 1 aliphatic heterocycles. The van der Waals surface area contributed by atoms with Crippen LogP contribution in [-0.4, -0.2) is 24.0 Å². The minimum absolute atomic E-state index is 0.684. The van der Waals surface area contributed by atoms with Gasteiger partial charge in [-0.25, -0.2) is 0 Å². The van der Waals surface area contributed by atoms with Crippen LogP contribution in [0.3, 0.4) is 0 Å². The minimum atomic E-state index is 0.684. The van der Waals surface area contributed by atoms with Gasteiger partial charge in [-0.05, 0) is 61.7 Å². The van der Waals surface area contributed by atoms with Gasteiger partial charge < -0.3 is 9.32 Å². The quantitative estimate of drug-likeness (QED) is 0.676. The molecule has 1 fully saturated rings. The summed E-state index contributed by atoms with van der Waals surface area (Å²) in [6, 6.07) is 19.0. The molecule has 3 heteroatoms. The number of nitrogens with zero attached hydrogens (tertiary/aromatic N) is 2. The lowest BCUT2D eigenvalue weighted by Gasteiger charge is -2.19. The lowest BCUT2D eigenvalue weighted by Crippen LogP contribution is -2.28. The number of nitriles is 1. The van der Waals surface area contributed by atoms with Gasteiger partial charge in [-0.3, -0.25) is 0 Å². The minimum Gasteiger partial charge on any atom is -0.461 e. The molecule has 3 aromatic rings. The van der Waals surface area contributed by atoms with Crippen molar-refractivity contribution in [1.82, 2.24) is 4.90 Å². The molecule has 2 aromatic carbocycles. The molecule has 1 aliphatic rings. The summed E-state index contributed by atoms with van der Waals surface area (Å²) in [5.41, 5.74) is 3.89. The number of hydrogen-bond acceptors (Lipinski definition) is 3. The Morgan fingerprint density at radius 3 is 2.76 bits per heavy atom. The van der Waals surface area contributed by atoms with E-state index in [9.17, 15) is 0 Å². The summed E-state index contributed by atoms with van der Waals surface area (Å²) >= 11 is 0. The predicted molar refractivity (Wildman–Crippen MR) is 100 cm³/mol. The topological polar surface area (TPSA) is 40.2 Å². The zero-order valence-corrected chi connectivity index (χ0v) is 14.5. The average Bonchev–Trinajstić information content (AvgIpc) is 3.25. The van der Waals surface area contributed by atoms with Crippen LogP contribution in [0.4, 0.5) is 0 Å². The summed E-state index contributed by atoms with van der Waals surface area (Å²) in [5.74, 6) is 1.05. The maximum atomic E-state index is 8.97. The summed E-state index contributed by atoms with van der Waals surface area (Å²) in [6.45, 7) is 4.58. The first-order valence-corrected chi connectivity index (χ1v) is 9.00. The molecule has 1 atom stereocenters. The van der Waals surface area contributed by atoms with E-state index in [4.69, 9.17) is 9.68 Å². The van der Waals surface area contributed by atoms with Gasteiger partial charge in [-0.15, -0.1) is 0 Å². The highest BCUT2D eigenvalue weighted by atomic mass is 16.3. The van der Waals surface area contributed by atoms with Gasteiger partial charge in [0, 0.05) is 24.4 Å². The van der Waals surface area contributed by atoms with Crippen molar-refractivity contribution >= 4 is 11.0 Å². The molecular weight excluding hydrogens is 308 g/mol. The molecule has 0 saturated carbocycles. The van der Waals surface area contributed by atoms with Gasteiger partial charge in [-0.2, -0.15) is 5.26 Å². The number of furan rings is 1. The number of rotatable bonds is 4. The van der Waals surface area contributed by atoms with Crippen LogP contribution in [0, 0.1) is 11.3 Å². The molecule has 0 bridgehead atoms. The number of likely N-dealkylation sites (tertiary alicyclic amines) is 1. The standard InChI is InChI=1S/C22H22N2O/c1-16-4-3-12-24(16)13-11-19-14-21-20(5-2-6-22(21)25-19)18-9-7-17(15-23)8-10-18/h2,5-10,14,16H,3-4,11-13H2,1H3/t16-/m1/s1. The highest BCUT2D eigenvalue weighted by molar-refractivity contribution is 5.94. The molecule has 4 rings (SSSR count). The van der Waals surface area contributed by atoms with Gasteiger partial charge in [0.05, 0.1) is 11.6 Å². The maximum absolute atomic E-state index is 8.97. The van der Waals surface area contributed by atoms with Crippen LogP contribution in [0.2, 0.25) is 0 Å². The van der Waals surface area contributed by atoms with Gasteiger partial charge in [0.15, 0.2) is 0 Å². The fourth-order valence-electron chi connectivity index (χ4n) is 3.79. The Morgan fingerprint density at radius 2 is 2.04 bits per heavy atom. The van der Waals surface area contributed by atoms with Crippen LogP contribution < -0.4 is 0 Å². The molecule has 0 aliphatic carbocycles. The zero-order valence-electron chi connectivity index (χ0n) is 14.5. The highest BCUT2D eigenvalue weighted by Crippen LogP contribution is 2.31. The Morgan fingerprint density at radius 1 is 1.20 bits per heavy atom. The first-order chi connectivity index (χ1) is 12.2. The smallest absolute Gasteiger partial charge is 0.134 e. The first-order valence-electron chi connectivity index (χ1n) is 9.00. The molecule has 25 heavy (non-hydrogen) atoms. The average molecular weight is 330 g/mol. The second-order valence-corrected chi connectivity index (χ2v) is 6.90. The van der Waals surface area contributed by atoms with Crippen molar-refractivity contribution in [2.24, 2.45) is 0 Å². The third kappa shape index (κ3) is 3.18. The van der Waals surface area contributed by atoms with Crippen LogP contribution in [-0.2, 0) is 6.42 Å². The van der Waals surface area contributed by atoms with E-state index in [1.165, 1.54) is 19.4 Å². The van der Waals surface area contributed by atoms with E-state index in [1.807, 2.05) is 36.4 Å². The highest BCUT2D eigenvalue weighted by Gasteiger charge is 2.20. The van der Waals surface area contributed by atoms with Crippen molar-refractivity contribution in [3.05, 3.63) is 59.9 Å². The monoisotopic (exact) mass is 330 g/mol. The molecule has 3 nitrogen and oxygen atoms in total. The molecule has 2 heterocycles. The second-order valence-electron chi connectivity index (χ2n) is 6.90. The summed E-state index contributed by atoms with van der Waals surface area (Å²) < 4.78 is 6.09. The van der Waals surface area contributed by atoms with Crippen molar-refractivity contribution in [2.45, 2.75) is 32.2 Å². The van der Waals surface area contributed by atoms with E-state index >= 15 is 0 Å². The fraction of sp³-hybridized carbons (Fsp3) is 0.318. The molecule has 0 spiro atoms. The molecule has 0 N–H and O–H groups in total. The van der Waals surface area contributed by atoms with Crippen molar-refractivity contribution in [1.29, 1.82) is 5.26 Å². The predicted octanol–water partition coefficient (Wildman–Crippen LogP) is 5.00. The summed E-state index contributed by atoms with van der Waals surface area (Å²) in [4.78, 5) is 2.55. The van der Waals surface area contributed by atoms with Crippen LogP contribution in [0.25, 0.3) is 22.1 Å². The maximum Gasteiger partial charge on any atom is 0.134 e. The Labute approximate surface area is 148 Å². The third-order valence-electron chi connectivity index (χ3n) is 5.27. The molecule has 126 valence electrons. The van der Waals surface area contributed by atoms with Gasteiger partial charge in [0.1, 0.15) is 11.3 Å². The van der Waals surface area contributed by atoms with Crippen LogP contribution in [0.15, 0.2) is 52.9 Å². The van der Waals surface area contributed by atoms with Crippen LogP contribution >= 0.6 is 0 Å². The number of benzene rings is 2. The Bertz CT molecular complexity index is 917. The van der Waals surface area contributed by atoms with Gasteiger partial charge in [0.25, 0.3) is 0 Å². The van der Waals surface area contributed by atoms with E-state index in [1.54, 1.807) is 0 Å². The van der Waals surface area contributed by atoms with Crippen molar-refractivity contribution in [3.63, 3.8) is 0 Å². The molecule has 0 amide bonds. The second kappa shape index (κ2) is 6.74. The summed E-state index contributed by atoms with van der Waals surface area (Å²) in [6.07, 6.45) is 3.57. The zero-order chi connectivity index (χ0) is 17.2. The van der Waals surface area contributed by atoms with Crippen LogP contribution in [0.5, 0.6) is 0 Å². The van der Waals surface area contributed by atoms with E-state index < -0.39 is 0 Å². The molecule has 0 unspecified atom stereocenters. The molecule has 0 radical (unpaired) electrons. The largest absolute Gasteiger partial charge is 0.461 e. The van der Waals surface area contributed by atoms with Gasteiger partial charge in [-0.1, -0.05) is 24.3 Å². The number of hydrogen-bond donors (Lipinski definition) is 0. The Kier molecular flexibility index (Phi) is 4.29. The molecule has 1 aromatic heterocycles. The van der Waals surface area contributed by atoms with Crippen molar-refractivity contribution in [3.8, 4) is 17.2 Å². The first kappa shape index (κ1) is 15.9. The normalized spacial score (nSPS) is 17.8. The summed E-state index contributed by atoms with van der Waals surface area (Å²) in [7, 11) is 0. The van der Waals surface area contributed by atoms with E-state index in [-0.39, 0.29) is 0 Å². The third-order valence-corrected chi connectivity index (χ3v) is 5.27. The molecule has 1 saturated heterocycles. The van der Waals surface area contributed by atoms with E-state index in [0.717, 1.165) is 40.8 Å². The van der Waals surface area contributed by atoms with Crippen LogP contribution in [0.1, 0.15) is 31.1 Å². The van der Waals surface area contributed by atoms with E-state index in [2.05, 4.69) is 30.0 Å². The fourth-order valence-corrected chi connectivity index (χ4v) is 3.79. The number of fused-ring (bicyclic) bond motifs is 1. The lowest BCUT2D eigenvalue weighted by molar-refractivity contribution is 0.266. The van der Waals surface area contributed by atoms with E-state index in [0.29, 0.717) is 11.6 Å². The summed E-state index contributed by atoms with van der Waals surface area (Å²) in [5, 5.41) is 10.1. The van der Waals surface area contributed by atoms with Gasteiger partial charge in [0.2, 0.25) is 0 Å². The Balaban J connectivity index is 1.60. The SMILES string of the molecule is C[C@@H]1CCCN1CCc1cc2c(-c3ccc(C#N)cc3)cccc2o1. The van der Waals surface area contributed by atoms with Gasteiger partial charge >= 0.3 is 0 Å². The van der Waals surface area contributed by atoms with Crippen molar-refractivity contribution in [2.75, 3.05) is 13.1 Å². The lowest BCUT2D eigenvalue weighted by atomic mass is 10.0.